The van der Waals surface area contributed by atoms with Gasteiger partial charge < -0.3 is 11.1 Å². The summed E-state index contributed by atoms with van der Waals surface area (Å²) in [5, 5.41) is 2.41. The van der Waals surface area contributed by atoms with Crippen LogP contribution < -0.4 is 11.1 Å². The van der Waals surface area contributed by atoms with E-state index in [9.17, 15) is 18.0 Å². The maximum Gasteiger partial charge on any atom is 0.416 e. The summed E-state index contributed by atoms with van der Waals surface area (Å²) in [5.74, 6) is -0.500. The molecule has 1 fully saturated rings. The average molecular weight is 293 g/mol. The fourth-order valence-electron chi connectivity index (χ4n) is 1.83. The Morgan fingerprint density at radius 2 is 2.00 bits per heavy atom. The molecule has 1 aromatic carbocycles. The van der Waals surface area contributed by atoms with Crippen LogP contribution in [0, 0.1) is 0 Å². The highest BCUT2D eigenvalue weighted by atomic mass is 35.5. The minimum Gasteiger partial charge on any atom is -0.323 e. The van der Waals surface area contributed by atoms with Crippen molar-refractivity contribution in [2.75, 3.05) is 5.32 Å². The first-order valence-electron chi connectivity index (χ1n) is 5.69. The Labute approximate surface area is 112 Å². The lowest BCUT2D eigenvalue weighted by Gasteiger charge is -2.36. The number of carbonyl (C=O) groups excluding carboxylic acids is 1. The van der Waals surface area contributed by atoms with E-state index >= 15 is 0 Å². The first kappa shape index (κ1) is 14.1. The van der Waals surface area contributed by atoms with Crippen molar-refractivity contribution < 1.29 is 18.0 Å². The van der Waals surface area contributed by atoms with E-state index in [1.54, 1.807) is 0 Å². The fourth-order valence-corrected chi connectivity index (χ4v) is 1.99. The van der Waals surface area contributed by atoms with Crippen molar-refractivity contribution in [3.63, 3.8) is 0 Å². The number of nitrogens with one attached hydrogen (secondary N) is 1. The van der Waals surface area contributed by atoms with Crippen LogP contribution in [0.4, 0.5) is 18.9 Å². The van der Waals surface area contributed by atoms with Crippen LogP contribution in [0.2, 0.25) is 5.02 Å². The zero-order valence-electron chi connectivity index (χ0n) is 9.85. The van der Waals surface area contributed by atoms with Gasteiger partial charge in [0.05, 0.1) is 21.8 Å². The van der Waals surface area contributed by atoms with Gasteiger partial charge in [-0.3, -0.25) is 4.79 Å². The summed E-state index contributed by atoms with van der Waals surface area (Å²) in [5.41, 5.74) is 3.86. The van der Waals surface area contributed by atoms with Crippen molar-refractivity contribution in [2.24, 2.45) is 5.73 Å². The molecule has 3 nitrogen and oxygen atoms in total. The number of amides is 1. The van der Waals surface area contributed by atoms with Crippen LogP contribution in [0.25, 0.3) is 0 Å². The molecule has 1 aliphatic carbocycles. The van der Waals surface area contributed by atoms with E-state index < -0.39 is 23.2 Å². The number of rotatable bonds is 2. The Morgan fingerprint density at radius 1 is 1.37 bits per heavy atom. The van der Waals surface area contributed by atoms with Gasteiger partial charge >= 0.3 is 6.18 Å². The number of hydrogen-bond donors (Lipinski definition) is 2. The number of carbonyl (C=O) groups is 1. The Morgan fingerprint density at radius 3 is 2.47 bits per heavy atom. The van der Waals surface area contributed by atoms with Gasteiger partial charge in [0.15, 0.2) is 0 Å². The Balaban J connectivity index is 2.22. The molecule has 0 aliphatic heterocycles. The van der Waals surface area contributed by atoms with Crippen LogP contribution in [0.3, 0.4) is 0 Å². The number of benzene rings is 1. The van der Waals surface area contributed by atoms with Gasteiger partial charge in [0.25, 0.3) is 0 Å². The highest BCUT2D eigenvalue weighted by Gasteiger charge is 2.40. The van der Waals surface area contributed by atoms with E-state index in [2.05, 4.69) is 5.32 Å². The number of hydrogen-bond acceptors (Lipinski definition) is 2. The molecule has 0 atom stereocenters. The summed E-state index contributed by atoms with van der Waals surface area (Å²) in [6.45, 7) is 0. The topological polar surface area (TPSA) is 55.1 Å². The maximum absolute atomic E-state index is 12.6. The van der Waals surface area contributed by atoms with E-state index in [1.165, 1.54) is 0 Å². The van der Waals surface area contributed by atoms with Crippen LogP contribution in [0.15, 0.2) is 18.2 Å². The first-order chi connectivity index (χ1) is 8.72. The van der Waals surface area contributed by atoms with Gasteiger partial charge in [-0.05, 0) is 37.5 Å². The first-order valence-corrected chi connectivity index (χ1v) is 6.07. The van der Waals surface area contributed by atoms with Gasteiger partial charge in [-0.2, -0.15) is 13.2 Å². The molecule has 1 amide bonds. The molecule has 1 saturated carbocycles. The van der Waals surface area contributed by atoms with Crippen molar-refractivity contribution in [3.05, 3.63) is 28.8 Å². The van der Waals surface area contributed by atoms with Crippen molar-refractivity contribution in [3.8, 4) is 0 Å². The number of nitrogens with two attached hydrogens (primary N) is 1. The monoisotopic (exact) mass is 292 g/mol. The minimum atomic E-state index is -4.49. The second kappa shape index (κ2) is 4.68. The van der Waals surface area contributed by atoms with Gasteiger partial charge in [0.2, 0.25) is 5.91 Å². The maximum atomic E-state index is 12.6. The Bertz CT molecular complexity index is 512. The SMILES string of the molecule is NC1(C(=O)Nc2cc(C(F)(F)F)ccc2Cl)CCC1. The molecular formula is C12H12ClF3N2O. The third kappa shape index (κ3) is 2.84. The van der Waals surface area contributed by atoms with Gasteiger partial charge in [-0.1, -0.05) is 11.6 Å². The zero-order valence-corrected chi connectivity index (χ0v) is 10.6. The average Bonchev–Trinajstić information content (AvgIpc) is 2.27. The molecule has 19 heavy (non-hydrogen) atoms. The molecule has 104 valence electrons. The standard InChI is InChI=1S/C12H12ClF3N2O/c13-8-3-2-7(12(14,15)16)6-9(8)18-10(19)11(17)4-1-5-11/h2-3,6H,1,4-5,17H2,(H,18,19). The summed E-state index contributed by atoms with van der Waals surface area (Å²) in [7, 11) is 0. The second-order valence-corrected chi connectivity index (χ2v) is 5.06. The lowest BCUT2D eigenvalue weighted by atomic mass is 9.77. The lowest BCUT2D eigenvalue weighted by Crippen LogP contribution is -2.56. The number of alkyl halides is 3. The predicted molar refractivity (Wildman–Crippen MR) is 65.9 cm³/mol. The summed E-state index contributed by atoms with van der Waals surface area (Å²) in [6, 6.07) is 2.77. The van der Waals surface area contributed by atoms with E-state index in [4.69, 9.17) is 17.3 Å². The van der Waals surface area contributed by atoms with Gasteiger partial charge in [-0.25, -0.2) is 0 Å². The van der Waals surface area contributed by atoms with Crippen molar-refractivity contribution in [2.45, 2.75) is 31.0 Å². The van der Waals surface area contributed by atoms with Crippen LogP contribution in [-0.2, 0) is 11.0 Å². The highest BCUT2D eigenvalue weighted by molar-refractivity contribution is 6.33. The van der Waals surface area contributed by atoms with Gasteiger partial charge in [0.1, 0.15) is 0 Å². The normalized spacial score (nSPS) is 17.7. The highest BCUT2D eigenvalue weighted by Crippen LogP contribution is 2.35. The van der Waals surface area contributed by atoms with Crippen LogP contribution in [-0.4, -0.2) is 11.4 Å². The van der Waals surface area contributed by atoms with Gasteiger partial charge in [-0.15, -0.1) is 0 Å². The minimum absolute atomic E-state index is 0.0456. The Hall–Kier alpha value is -1.27. The van der Waals surface area contributed by atoms with Crippen LogP contribution in [0.1, 0.15) is 24.8 Å². The van der Waals surface area contributed by atoms with E-state index in [0.717, 1.165) is 24.6 Å². The van der Waals surface area contributed by atoms with Gasteiger partial charge in [0, 0.05) is 0 Å². The molecule has 0 aromatic heterocycles. The summed E-state index contributed by atoms with van der Waals surface area (Å²) < 4.78 is 37.7. The Kier molecular flexibility index (Phi) is 3.49. The molecular weight excluding hydrogens is 281 g/mol. The second-order valence-electron chi connectivity index (χ2n) is 4.66. The van der Waals surface area contributed by atoms with Crippen LogP contribution in [0.5, 0.6) is 0 Å². The third-order valence-corrected chi connectivity index (χ3v) is 3.57. The molecule has 0 spiro atoms. The van der Waals surface area contributed by atoms with Crippen LogP contribution >= 0.6 is 11.6 Å². The molecule has 0 bridgehead atoms. The smallest absolute Gasteiger partial charge is 0.323 e. The van der Waals surface area contributed by atoms with Crippen molar-refractivity contribution >= 4 is 23.2 Å². The third-order valence-electron chi connectivity index (χ3n) is 3.24. The molecule has 1 aromatic rings. The fraction of sp³-hybridized carbons (Fsp3) is 0.417. The molecule has 2 rings (SSSR count). The molecule has 0 radical (unpaired) electrons. The molecule has 1 aliphatic rings. The molecule has 3 N–H and O–H groups in total. The number of anilines is 1. The largest absolute Gasteiger partial charge is 0.416 e. The van der Waals surface area contributed by atoms with E-state index in [-0.39, 0.29) is 10.7 Å². The molecule has 0 heterocycles. The predicted octanol–water partition coefficient (Wildman–Crippen LogP) is 3.18. The zero-order chi connectivity index (χ0) is 14.3. The van der Waals surface area contributed by atoms with E-state index in [0.29, 0.717) is 12.8 Å². The summed E-state index contributed by atoms with van der Waals surface area (Å²) in [6.07, 6.45) is -2.61. The van der Waals surface area contributed by atoms with E-state index in [1.807, 2.05) is 0 Å². The molecule has 0 unspecified atom stereocenters. The quantitative estimate of drug-likeness (QED) is 0.879. The lowest BCUT2D eigenvalue weighted by molar-refractivity contribution is -0.137. The molecule has 7 heteroatoms. The molecule has 0 saturated heterocycles. The number of halogens is 4. The summed E-state index contributed by atoms with van der Waals surface area (Å²) in [4.78, 5) is 11.9. The summed E-state index contributed by atoms with van der Waals surface area (Å²) >= 11 is 5.78. The van der Waals surface area contributed by atoms with Crippen molar-refractivity contribution in [1.29, 1.82) is 0 Å². The van der Waals surface area contributed by atoms with Crippen molar-refractivity contribution in [1.82, 2.24) is 0 Å².